The average molecular weight is 257 g/mol. The minimum Gasteiger partial charge on any atom is -0.255 e. The Balaban J connectivity index is 2.14. The largest absolute Gasteiger partial charge is 0.255 e. The molecule has 0 aliphatic rings. The van der Waals surface area contributed by atoms with Gasteiger partial charge in [-0.3, -0.25) is 4.98 Å². The van der Waals surface area contributed by atoms with E-state index in [-0.39, 0.29) is 5.92 Å². The molecule has 0 N–H and O–H groups in total. The summed E-state index contributed by atoms with van der Waals surface area (Å²) in [5.74, 6) is 0.393. The van der Waals surface area contributed by atoms with Crippen LogP contribution in [0.1, 0.15) is 18.9 Å². The van der Waals surface area contributed by atoms with Crippen LogP contribution in [0, 0.1) is 23.2 Å². The van der Waals surface area contributed by atoms with E-state index in [0.29, 0.717) is 5.92 Å². The summed E-state index contributed by atoms with van der Waals surface area (Å²) in [5.41, 5.74) is 1.79. The number of nitriles is 1. The van der Waals surface area contributed by atoms with Crippen LogP contribution in [0.25, 0.3) is 11.4 Å². The van der Waals surface area contributed by atoms with Crippen molar-refractivity contribution in [1.29, 1.82) is 5.26 Å². The lowest BCUT2D eigenvalue weighted by atomic mass is 9.94. The minimum absolute atomic E-state index is 0.0349. The van der Waals surface area contributed by atoms with Gasteiger partial charge in [-0.15, -0.1) is 11.3 Å². The van der Waals surface area contributed by atoms with Crippen LogP contribution in [0.2, 0.25) is 0 Å². The molecule has 1 unspecified atom stereocenters. The van der Waals surface area contributed by atoms with Crippen LogP contribution in [-0.2, 0) is 6.42 Å². The molecule has 2 aromatic heterocycles. The molecule has 0 aliphatic heterocycles. The maximum atomic E-state index is 9.10. The number of nitrogens with zero attached hydrogens (tertiary/aromatic N) is 3. The van der Waals surface area contributed by atoms with Gasteiger partial charge in [0.15, 0.2) is 0 Å². The first-order chi connectivity index (χ1) is 8.70. The van der Waals surface area contributed by atoms with Crippen LogP contribution in [0.15, 0.2) is 29.8 Å². The van der Waals surface area contributed by atoms with E-state index in [1.807, 2.05) is 23.6 Å². The highest BCUT2D eigenvalue weighted by atomic mass is 32.1. The second-order valence-corrected chi connectivity index (χ2v) is 5.47. The van der Waals surface area contributed by atoms with Gasteiger partial charge in [-0.2, -0.15) is 5.26 Å². The average Bonchev–Trinajstić information content (AvgIpc) is 2.85. The number of hydrogen-bond donors (Lipinski definition) is 0. The molecule has 0 aliphatic carbocycles. The smallest absolute Gasteiger partial charge is 0.0998 e. The van der Waals surface area contributed by atoms with Gasteiger partial charge in [-0.1, -0.05) is 19.9 Å². The van der Waals surface area contributed by atoms with Gasteiger partial charge in [0.05, 0.1) is 28.4 Å². The van der Waals surface area contributed by atoms with E-state index in [1.165, 1.54) is 0 Å². The van der Waals surface area contributed by atoms with Crippen LogP contribution >= 0.6 is 11.3 Å². The molecule has 0 fully saturated rings. The lowest BCUT2D eigenvalue weighted by Crippen LogP contribution is -2.09. The highest BCUT2D eigenvalue weighted by Gasteiger charge is 2.15. The topological polar surface area (TPSA) is 49.6 Å². The Labute approximate surface area is 111 Å². The van der Waals surface area contributed by atoms with Crippen molar-refractivity contribution in [2.24, 2.45) is 11.8 Å². The molecule has 92 valence electrons. The third kappa shape index (κ3) is 2.93. The molecule has 3 nitrogen and oxygen atoms in total. The Hall–Kier alpha value is -1.73. The van der Waals surface area contributed by atoms with E-state index < -0.39 is 0 Å². The van der Waals surface area contributed by atoms with Crippen LogP contribution in [0.5, 0.6) is 0 Å². The van der Waals surface area contributed by atoms with Crippen molar-refractivity contribution in [3.05, 3.63) is 34.8 Å². The Morgan fingerprint density at radius 1 is 1.33 bits per heavy atom. The van der Waals surface area contributed by atoms with E-state index in [1.54, 1.807) is 17.5 Å². The van der Waals surface area contributed by atoms with Crippen molar-refractivity contribution in [2.45, 2.75) is 20.3 Å². The van der Waals surface area contributed by atoms with Gasteiger partial charge in [0.25, 0.3) is 0 Å². The Morgan fingerprint density at radius 3 is 2.78 bits per heavy atom. The maximum absolute atomic E-state index is 9.10. The van der Waals surface area contributed by atoms with Gasteiger partial charge < -0.3 is 0 Å². The summed E-state index contributed by atoms with van der Waals surface area (Å²) in [5, 5.41) is 12.1. The van der Waals surface area contributed by atoms with Gasteiger partial charge in [0.2, 0.25) is 0 Å². The molecule has 18 heavy (non-hydrogen) atoms. The zero-order valence-electron chi connectivity index (χ0n) is 10.5. The third-order valence-corrected chi connectivity index (χ3v) is 3.72. The van der Waals surface area contributed by atoms with Crippen molar-refractivity contribution in [2.75, 3.05) is 0 Å². The fourth-order valence-electron chi connectivity index (χ4n) is 1.66. The first-order valence-electron chi connectivity index (χ1n) is 5.96. The third-order valence-electron chi connectivity index (χ3n) is 2.84. The molecule has 0 spiro atoms. The molecule has 1 atom stereocenters. The highest BCUT2D eigenvalue weighted by molar-refractivity contribution is 7.09. The molecule has 0 bridgehead atoms. The molecule has 2 aromatic rings. The molecule has 4 heteroatoms. The fraction of sp³-hybridized carbons (Fsp3) is 0.357. The molecule has 0 saturated carbocycles. The minimum atomic E-state index is 0.0349. The van der Waals surface area contributed by atoms with E-state index in [2.05, 4.69) is 29.9 Å². The second-order valence-electron chi connectivity index (χ2n) is 4.53. The zero-order chi connectivity index (χ0) is 13.0. The predicted molar refractivity (Wildman–Crippen MR) is 73.0 cm³/mol. The molecular weight excluding hydrogens is 242 g/mol. The molecule has 0 aromatic carbocycles. The molecule has 0 saturated heterocycles. The van der Waals surface area contributed by atoms with Crippen molar-refractivity contribution in [3.63, 3.8) is 0 Å². The first kappa shape index (κ1) is 12.7. The number of rotatable bonds is 4. The zero-order valence-corrected chi connectivity index (χ0v) is 11.3. The predicted octanol–water partition coefficient (Wildman–Crippen LogP) is 3.54. The van der Waals surface area contributed by atoms with Gasteiger partial charge in [0.1, 0.15) is 0 Å². The summed E-state index contributed by atoms with van der Waals surface area (Å²) in [6.07, 6.45) is 2.49. The quantitative estimate of drug-likeness (QED) is 0.841. The molecule has 2 heterocycles. The summed E-state index contributed by atoms with van der Waals surface area (Å²) < 4.78 is 0. The molecule has 0 radical (unpaired) electrons. The summed E-state index contributed by atoms with van der Waals surface area (Å²) >= 11 is 1.60. The van der Waals surface area contributed by atoms with Crippen LogP contribution < -0.4 is 0 Å². The Bertz CT molecular complexity index is 540. The number of thiazole rings is 1. The summed E-state index contributed by atoms with van der Waals surface area (Å²) in [4.78, 5) is 8.83. The van der Waals surface area contributed by atoms with E-state index in [0.717, 1.165) is 22.8 Å². The number of pyridine rings is 1. The first-order valence-corrected chi connectivity index (χ1v) is 6.84. The molecule has 2 rings (SSSR count). The fourth-order valence-corrected chi connectivity index (χ4v) is 2.50. The SMILES string of the molecule is CC(C)C(C#N)Cc1nc(-c2ccccn2)cs1. The van der Waals surface area contributed by atoms with Gasteiger partial charge in [0, 0.05) is 18.0 Å². The van der Waals surface area contributed by atoms with E-state index in [4.69, 9.17) is 5.26 Å². The lowest BCUT2D eigenvalue weighted by molar-refractivity contribution is 0.473. The standard InChI is InChI=1S/C14H15N3S/c1-10(2)11(8-15)7-14-17-13(9-18-14)12-5-3-4-6-16-12/h3-6,9-11H,7H2,1-2H3. The normalized spacial score (nSPS) is 12.3. The molecule has 0 amide bonds. The second kappa shape index (κ2) is 5.74. The van der Waals surface area contributed by atoms with Crippen molar-refractivity contribution >= 4 is 11.3 Å². The Morgan fingerprint density at radius 2 is 2.17 bits per heavy atom. The van der Waals surface area contributed by atoms with Crippen molar-refractivity contribution < 1.29 is 0 Å². The van der Waals surface area contributed by atoms with E-state index >= 15 is 0 Å². The maximum Gasteiger partial charge on any atom is 0.0998 e. The van der Waals surface area contributed by atoms with Crippen LogP contribution in [0.4, 0.5) is 0 Å². The number of hydrogen-bond acceptors (Lipinski definition) is 4. The highest BCUT2D eigenvalue weighted by Crippen LogP contribution is 2.23. The molecular formula is C14H15N3S. The van der Waals surface area contributed by atoms with Crippen molar-refractivity contribution in [1.82, 2.24) is 9.97 Å². The summed E-state index contributed by atoms with van der Waals surface area (Å²) in [6, 6.07) is 8.14. The van der Waals surface area contributed by atoms with Gasteiger partial charge in [-0.05, 0) is 18.1 Å². The lowest BCUT2D eigenvalue weighted by Gasteiger charge is -2.10. The van der Waals surface area contributed by atoms with Gasteiger partial charge >= 0.3 is 0 Å². The summed E-state index contributed by atoms with van der Waals surface area (Å²) in [7, 11) is 0. The number of aromatic nitrogens is 2. The van der Waals surface area contributed by atoms with Crippen LogP contribution in [0.3, 0.4) is 0 Å². The van der Waals surface area contributed by atoms with E-state index in [9.17, 15) is 0 Å². The Kier molecular flexibility index (Phi) is 4.06. The van der Waals surface area contributed by atoms with Crippen molar-refractivity contribution in [3.8, 4) is 17.5 Å². The van der Waals surface area contributed by atoms with Crippen LogP contribution in [-0.4, -0.2) is 9.97 Å². The summed E-state index contributed by atoms with van der Waals surface area (Å²) in [6.45, 7) is 4.14. The van der Waals surface area contributed by atoms with Gasteiger partial charge in [-0.25, -0.2) is 4.98 Å². The monoisotopic (exact) mass is 257 g/mol.